The summed E-state index contributed by atoms with van der Waals surface area (Å²) in [5, 5.41) is 8.83. The summed E-state index contributed by atoms with van der Waals surface area (Å²) in [7, 11) is 0. The van der Waals surface area contributed by atoms with Gasteiger partial charge in [-0.3, -0.25) is 0 Å². The zero-order valence-corrected chi connectivity index (χ0v) is 10.9. The molecule has 1 saturated heterocycles. The van der Waals surface area contributed by atoms with Crippen LogP contribution in [0.5, 0.6) is 0 Å². The molecule has 1 fully saturated rings. The van der Waals surface area contributed by atoms with Crippen LogP contribution in [-0.4, -0.2) is 32.3 Å². The Kier molecular flexibility index (Phi) is 4.59. The highest BCUT2D eigenvalue weighted by molar-refractivity contribution is 9.10. The summed E-state index contributed by atoms with van der Waals surface area (Å²) in [5.74, 6) is 0. The molecule has 0 aromatic carbocycles. The second-order valence-corrected chi connectivity index (χ2v) is 5.37. The van der Waals surface area contributed by atoms with E-state index in [-0.39, 0.29) is 0 Å². The summed E-state index contributed by atoms with van der Waals surface area (Å²) in [5.41, 5.74) is 0. The second kappa shape index (κ2) is 5.96. The first-order valence-electron chi connectivity index (χ1n) is 5.11. The molecule has 15 heavy (non-hydrogen) atoms. The third-order valence-electron chi connectivity index (χ3n) is 2.35. The van der Waals surface area contributed by atoms with Crippen LogP contribution in [0.25, 0.3) is 0 Å². The maximum atomic E-state index is 5.59. The Bertz CT molecular complexity index is 299. The van der Waals surface area contributed by atoms with Crippen LogP contribution in [0.2, 0.25) is 0 Å². The normalized spacial score (nSPS) is 21.8. The van der Waals surface area contributed by atoms with Crippen molar-refractivity contribution in [2.75, 3.05) is 26.2 Å². The summed E-state index contributed by atoms with van der Waals surface area (Å²) < 4.78 is 6.79. The molecular weight excluding hydrogens is 276 g/mol. The molecule has 1 aromatic heterocycles. The average Bonchev–Trinajstić information content (AvgIpc) is 2.66. The van der Waals surface area contributed by atoms with E-state index in [0.717, 1.165) is 32.8 Å². The van der Waals surface area contributed by atoms with Crippen molar-refractivity contribution >= 4 is 27.3 Å². The average molecular weight is 291 g/mol. The van der Waals surface area contributed by atoms with Crippen molar-refractivity contribution < 1.29 is 4.74 Å². The Balaban J connectivity index is 1.68. The van der Waals surface area contributed by atoms with Crippen LogP contribution in [0, 0.1) is 0 Å². The highest BCUT2D eigenvalue weighted by Crippen LogP contribution is 2.22. The first-order valence-corrected chi connectivity index (χ1v) is 6.78. The van der Waals surface area contributed by atoms with Gasteiger partial charge in [-0.1, -0.05) is 0 Å². The van der Waals surface area contributed by atoms with Crippen LogP contribution in [0.4, 0.5) is 0 Å². The molecule has 0 radical (unpaired) electrons. The number of nitrogens with one attached hydrogen (secondary N) is 2. The standard InChI is InChI=1S/C10H15BrN2OS/c11-9-1-4-15-10(9)7-13-6-8-5-12-2-3-14-8/h1,4,8,12-13H,2-3,5-7H2. The third-order valence-corrected chi connectivity index (χ3v) is 4.28. The van der Waals surface area contributed by atoms with Crippen molar-refractivity contribution in [3.8, 4) is 0 Å². The molecule has 1 aliphatic heterocycles. The minimum Gasteiger partial charge on any atom is -0.374 e. The van der Waals surface area contributed by atoms with E-state index < -0.39 is 0 Å². The van der Waals surface area contributed by atoms with E-state index in [1.807, 2.05) is 0 Å². The molecule has 0 aliphatic carbocycles. The van der Waals surface area contributed by atoms with Gasteiger partial charge < -0.3 is 15.4 Å². The predicted octanol–water partition coefficient (Wildman–Crippen LogP) is 1.59. The number of rotatable bonds is 4. The van der Waals surface area contributed by atoms with E-state index in [9.17, 15) is 0 Å². The Morgan fingerprint density at radius 1 is 1.67 bits per heavy atom. The number of halogens is 1. The molecule has 3 nitrogen and oxygen atoms in total. The molecule has 1 aromatic rings. The van der Waals surface area contributed by atoms with Crippen molar-refractivity contribution in [1.29, 1.82) is 0 Å². The molecule has 0 bridgehead atoms. The molecule has 0 saturated carbocycles. The fraction of sp³-hybridized carbons (Fsp3) is 0.600. The van der Waals surface area contributed by atoms with E-state index >= 15 is 0 Å². The Morgan fingerprint density at radius 3 is 3.27 bits per heavy atom. The molecule has 2 N–H and O–H groups in total. The van der Waals surface area contributed by atoms with Crippen LogP contribution in [0.1, 0.15) is 4.88 Å². The van der Waals surface area contributed by atoms with Gasteiger partial charge in [-0.2, -0.15) is 0 Å². The molecule has 2 heterocycles. The van der Waals surface area contributed by atoms with Crippen LogP contribution in [0.15, 0.2) is 15.9 Å². The maximum Gasteiger partial charge on any atom is 0.0824 e. The van der Waals surface area contributed by atoms with E-state index in [4.69, 9.17) is 4.74 Å². The van der Waals surface area contributed by atoms with Crippen molar-refractivity contribution in [3.63, 3.8) is 0 Å². The van der Waals surface area contributed by atoms with Gasteiger partial charge in [0.15, 0.2) is 0 Å². The molecule has 5 heteroatoms. The zero-order chi connectivity index (χ0) is 10.5. The van der Waals surface area contributed by atoms with Gasteiger partial charge in [0.25, 0.3) is 0 Å². The summed E-state index contributed by atoms with van der Waals surface area (Å²) >= 11 is 5.29. The van der Waals surface area contributed by atoms with Gasteiger partial charge in [0.05, 0.1) is 12.7 Å². The Hall–Kier alpha value is 0.0600. The van der Waals surface area contributed by atoms with Gasteiger partial charge in [0, 0.05) is 35.5 Å². The van der Waals surface area contributed by atoms with E-state index in [1.54, 1.807) is 11.3 Å². The van der Waals surface area contributed by atoms with Gasteiger partial charge in [0.1, 0.15) is 0 Å². The fourth-order valence-corrected chi connectivity index (χ4v) is 3.01. The lowest BCUT2D eigenvalue weighted by Gasteiger charge is -2.23. The lowest BCUT2D eigenvalue weighted by atomic mass is 10.3. The molecule has 84 valence electrons. The van der Waals surface area contributed by atoms with Gasteiger partial charge >= 0.3 is 0 Å². The lowest BCUT2D eigenvalue weighted by molar-refractivity contribution is 0.0291. The maximum absolute atomic E-state index is 5.59. The SMILES string of the molecule is Brc1ccsc1CNCC1CNCCO1. The quantitative estimate of drug-likeness (QED) is 0.884. The molecule has 1 atom stereocenters. The number of thiophene rings is 1. The van der Waals surface area contributed by atoms with Crippen molar-refractivity contribution in [3.05, 3.63) is 20.8 Å². The first-order chi connectivity index (χ1) is 7.36. The van der Waals surface area contributed by atoms with E-state index in [2.05, 4.69) is 38.0 Å². The van der Waals surface area contributed by atoms with E-state index in [0.29, 0.717) is 6.10 Å². The minimum absolute atomic E-state index is 0.317. The molecule has 0 spiro atoms. The third kappa shape index (κ3) is 3.53. The van der Waals surface area contributed by atoms with E-state index in [1.165, 1.54) is 9.35 Å². The smallest absolute Gasteiger partial charge is 0.0824 e. The number of hydrogen-bond donors (Lipinski definition) is 2. The highest BCUT2D eigenvalue weighted by atomic mass is 79.9. The van der Waals surface area contributed by atoms with Crippen LogP contribution in [0.3, 0.4) is 0 Å². The van der Waals surface area contributed by atoms with Crippen LogP contribution >= 0.6 is 27.3 Å². The molecule has 2 rings (SSSR count). The van der Waals surface area contributed by atoms with Gasteiger partial charge in [-0.25, -0.2) is 0 Å². The van der Waals surface area contributed by atoms with Crippen molar-refractivity contribution in [2.24, 2.45) is 0 Å². The minimum atomic E-state index is 0.317. The number of morpholine rings is 1. The van der Waals surface area contributed by atoms with Crippen LogP contribution in [-0.2, 0) is 11.3 Å². The second-order valence-electron chi connectivity index (χ2n) is 3.52. The molecule has 1 unspecified atom stereocenters. The summed E-state index contributed by atoms with van der Waals surface area (Å²) in [4.78, 5) is 1.35. The van der Waals surface area contributed by atoms with Crippen molar-refractivity contribution in [2.45, 2.75) is 12.6 Å². The van der Waals surface area contributed by atoms with Gasteiger partial charge in [0.2, 0.25) is 0 Å². The predicted molar refractivity (Wildman–Crippen MR) is 66.3 cm³/mol. The summed E-state index contributed by atoms with van der Waals surface area (Å²) in [6.45, 7) is 4.59. The number of hydrogen-bond acceptors (Lipinski definition) is 4. The largest absolute Gasteiger partial charge is 0.374 e. The Labute approximate surface area is 102 Å². The van der Waals surface area contributed by atoms with Gasteiger partial charge in [-0.15, -0.1) is 11.3 Å². The molecular formula is C10H15BrN2OS. The first kappa shape index (κ1) is 11.5. The Morgan fingerprint density at radius 2 is 2.60 bits per heavy atom. The zero-order valence-electron chi connectivity index (χ0n) is 8.46. The monoisotopic (exact) mass is 290 g/mol. The number of ether oxygens (including phenoxy) is 1. The topological polar surface area (TPSA) is 33.3 Å². The van der Waals surface area contributed by atoms with Gasteiger partial charge in [-0.05, 0) is 27.4 Å². The van der Waals surface area contributed by atoms with Crippen molar-refractivity contribution in [1.82, 2.24) is 10.6 Å². The van der Waals surface area contributed by atoms with Crippen LogP contribution < -0.4 is 10.6 Å². The fourth-order valence-electron chi connectivity index (χ4n) is 1.55. The highest BCUT2D eigenvalue weighted by Gasteiger charge is 2.12. The molecule has 0 amide bonds. The lowest BCUT2D eigenvalue weighted by Crippen LogP contribution is -2.43. The summed E-state index contributed by atoms with van der Waals surface area (Å²) in [6, 6.07) is 2.08. The summed E-state index contributed by atoms with van der Waals surface area (Å²) in [6.07, 6.45) is 0.317. The molecule has 1 aliphatic rings.